The third-order valence-corrected chi connectivity index (χ3v) is 8.16. The number of Topliss-reactive ketones (excluding diaryl/α,β-unsaturated/α-hetero) is 1. The van der Waals surface area contributed by atoms with Crippen molar-refractivity contribution in [2.24, 2.45) is 0 Å². The van der Waals surface area contributed by atoms with Gasteiger partial charge < -0.3 is 9.47 Å². The Kier molecular flexibility index (Phi) is 29.6. The number of ether oxygens (including phenoxy) is 2. The molecule has 6 nitrogen and oxygen atoms in total. The molecule has 242 valence electrons. The fourth-order valence-electron chi connectivity index (χ4n) is 5.09. The number of ketones is 1. The molecule has 0 radical (unpaired) electrons. The molecule has 0 saturated carbocycles. The van der Waals surface area contributed by atoms with Gasteiger partial charge in [-0.15, -0.1) is 0 Å². The predicted molar refractivity (Wildman–Crippen MR) is 175 cm³/mol. The maximum atomic E-state index is 12.3. The molecule has 7 heteroatoms. The number of rotatable bonds is 31. The van der Waals surface area contributed by atoms with Crippen LogP contribution >= 0.6 is 12.6 Å². The highest BCUT2D eigenvalue weighted by Crippen LogP contribution is 2.13. The van der Waals surface area contributed by atoms with Crippen LogP contribution in [0.4, 0.5) is 0 Å². The van der Waals surface area contributed by atoms with Gasteiger partial charge in [0, 0.05) is 18.8 Å². The van der Waals surface area contributed by atoms with Crippen LogP contribution in [0.25, 0.3) is 0 Å². The number of hydrogen-bond donors (Lipinski definition) is 1. The van der Waals surface area contributed by atoms with Gasteiger partial charge in [-0.3, -0.25) is 19.3 Å². The summed E-state index contributed by atoms with van der Waals surface area (Å²) in [5.41, 5.74) is 0. The first kappa shape index (κ1) is 39.9. The predicted octanol–water partition coefficient (Wildman–Crippen LogP) is 8.88. The smallest absolute Gasteiger partial charge is 0.307 e. The second-order valence-corrected chi connectivity index (χ2v) is 12.0. The van der Waals surface area contributed by atoms with Crippen LogP contribution in [0.15, 0.2) is 0 Å². The monoisotopic (exact) mass is 599 g/mol. The minimum atomic E-state index is -0.428. The van der Waals surface area contributed by atoms with E-state index in [2.05, 4.69) is 26.5 Å². The van der Waals surface area contributed by atoms with Gasteiger partial charge in [-0.2, -0.15) is 12.6 Å². The topological polar surface area (TPSA) is 72.9 Å². The molecule has 0 rings (SSSR count). The quantitative estimate of drug-likeness (QED) is 0.0487. The zero-order valence-electron chi connectivity index (χ0n) is 27.1. The third-order valence-electron chi connectivity index (χ3n) is 7.81. The van der Waals surface area contributed by atoms with Crippen molar-refractivity contribution in [1.29, 1.82) is 0 Å². The molecule has 0 aliphatic carbocycles. The Morgan fingerprint density at radius 3 is 1.17 bits per heavy atom. The number of carbonyl (C=O) groups is 3. The van der Waals surface area contributed by atoms with E-state index >= 15 is 0 Å². The Morgan fingerprint density at radius 1 is 0.561 bits per heavy atom. The van der Waals surface area contributed by atoms with Gasteiger partial charge in [0.25, 0.3) is 0 Å². The van der Waals surface area contributed by atoms with Crippen molar-refractivity contribution in [3.63, 3.8) is 0 Å². The molecule has 0 spiro atoms. The molecule has 0 saturated heterocycles. The van der Waals surface area contributed by atoms with Crippen LogP contribution in [0.5, 0.6) is 0 Å². The molecule has 0 aromatic heterocycles. The first-order valence-corrected chi connectivity index (χ1v) is 17.8. The fourth-order valence-corrected chi connectivity index (χ4v) is 5.58. The lowest BCUT2D eigenvalue weighted by atomic mass is 10.1. The minimum Gasteiger partial charge on any atom is -0.466 e. The number of hydrogen-bond acceptors (Lipinski definition) is 7. The van der Waals surface area contributed by atoms with Crippen LogP contribution in [0.3, 0.4) is 0 Å². The van der Waals surface area contributed by atoms with E-state index in [-0.39, 0.29) is 30.6 Å². The molecule has 1 atom stereocenters. The SMILES string of the molecule is CCCCCCCCCCCCOC(=O)CCN(CCC(=O)OCCCCCCCCCCCC)C(CS)C(C)=O. The van der Waals surface area contributed by atoms with E-state index in [1.807, 2.05) is 4.90 Å². The largest absolute Gasteiger partial charge is 0.466 e. The number of carbonyl (C=O) groups excluding carboxylic acids is 3. The van der Waals surface area contributed by atoms with Gasteiger partial charge in [-0.1, -0.05) is 129 Å². The summed E-state index contributed by atoms with van der Waals surface area (Å²) in [4.78, 5) is 38.6. The van der Waals surface area contributed by atoms with E-state index in [0.717, 1.165) is 25.7 Å². The van der Waals surface area contributed by atoms with E-state index < -0.39 is 6.04 Å². The summed E-state index contributed by atoms with van der Waals surface area (Å²) in [5.74, 6) is -0.180. The van der Waals surface area contributed by atoms with Crippen molar-refractivity contribution in [2.45, 2.75) is 168 Å². The molecule has 0 heterocycles. The van der Waals surface area contributed by atoms with Crippen molar-refractivity contribution < 1.29 is 23.9 Å². The van der Waals surface area contributed by atoms with Crippen LogP contribution in [-0.4, -0.2) is 60.7 Å². The van der Waals surface area contributed by atoms with Gasteiger partial charge in [0.05, 0.1) is 32.1 Å². The Hall–Kier alpha value is -1.08. The second-order valence-electron chi connectivity index (χ2n) is 11.6. The lowest BCUT2D eigenvalue weighted by molar-refractivity contribution is -0.145. The molecule has 0 aliphatic heterocycles. The summed E-state index contributed by atoms with van der Waals surface area (Å²) in [6.07, 6.45) is 25.2. The van der Waals surface area contributed by atoms with Crippen molar-refractivity contribution in [3.8, 4) is 0 Å². The lowest BCUT2D eigenvalue weighted by Crippen LogP contribution is -2.44. The number of nitrogens with zero attached hydrogens (tertiary/aromatic N) is 1. The molecule has 0 bridgehead atoms. The van der Waals surface area contributed by atoms with Gasteiger partial charge in [0.2, 0.25) is 0 Å². The summed E-state index contributed by atoms with van der Waals surface area (Å²) in [7, 11) is 0. The van der Waals surface area contributed by atoms with Crippen molar-refractivity contribution >= 4 is 30.4 Å². The van der Waals surface area contributed by atoms with Gasteiger partial charge in [0.15, 0.2) is 0 Å². The highest BCUT2D eigenvalue weighted by Gasteiger charge is 2.23. The van der Waals surface area contributed by atoms with Crippen molar-refractivity contribution in [1.82, 2.24) is 4.90 Å². The molecule has 41 heavy (non-hydrogen) atoms. The van der Waals surface area contributed by atoms with Crippen molar-refractivity contribution in [3.05, 3.63) is 0 Å². The van der Waals surface area contributed by atoms with E-state index in [1.54, 1.807) is 0 Å². The van der Waals surface area contributed by atoms with Crippen molar-refractivity contribution in [2.75, 3.05) is 32.1 Å². The molecule has 0 aromatic carbocycles. The second kappa shape index (κ2) is 30.4. The average Bonchev–Trinajstić information content (AvgIpc) is 2.95. The Morgan fingerprint density at radius 2 is 0.878 bits per heavy atom. The maximum Gasteiger partial charge on any atom is 0.307 e. The zero-order chi connectivity index (χ0) is 30.4. The van der Waals surface area contributed by atoms with E-state index in [9.17, 15) is 14.4 Å². The van der Waals surface area contributed by atoms with E-state index in [1.165, 1.54) is 110 Å². The molecule has 0 aromatic rings. The Bertz CT molecular complexity index is 588. The first-order valence-electron chi connectivity index (χ1n) is 17.1. The van der Waals surface area contributed by atoms with Gasteiger partial charge in [-0.25, -0.2) is 0 Å². The zero-order valence-corrected chi connectivity index (χ0v) is 28.0. The van der Waals surface area contributed by atoms with Crippen LogP contribution in [-0.2, 0) is 23.9 Å². The number of unbranched alkanes of at least 4 members (excludes halogenated alkanes) is 18. The van der Waals surface area contributed by atoms with Crippen LogP contribution in [0.2, 0.25) is 0 Å². The highest BCUT2D eigenvalue weighted by atomic mass is 32.1. The van der Waals surface area contributed by atoms with Crippen LogP contribution in [0, 0.1) is 0 Å². The molecule has 1 unspecified atom stereocenters. The average molecular weight is 600 g/mol. The minimum absolute atomic E-state index is 0.0162. The summed E-state index contributed by atoms with van der Waals surface area (Å²) in [6.45, 7) is 7.65. The van der Waals surface area contributed by atoms with Crippen LogP contribution in [0.1, 0.15) is 162 Å². The standard InChI is InChI=1S/C34H65NO5S/c1-4-6-8-10-12-14-16-18-20-22-28-39-33(37)24-26-35(32(30-41)31(3)36)27-25-34(38)40-29-23-21-19-17-15-13-11-9-7-5-2/h32,41H,4-30H2,1-3H3. The van der Waals surface area contributed by atoms with E-state index in [0.29, 0.717) is 32.1 Å². The normalized spacial score (nSPS) is 12.0. The van der Waals surface area contributed by atoms with Crippen LogP contribution < -0.4 is 0 Å². The Balaban J connectivity index is 4.05. The highest BCUT2D eigenvalue weighted by molar-refractivity contribution is 7.80. The molecule has 0 amide bonds. The summed E-state index contributed by atoms with van der Waals surface area (Å²) in [6, 6.07) is -0.428. The number of esters is 2. The molecule has 0 N–H and O–H groups in total. The third kappa shape index (κ3) is 26.3. The fraction of sp³-hybridized carbons (Fsp3) is 0.912. The first-order chi connectivity index (χ1) is 20.0. The summed E-state index contributed by atoms with van der Waals surface area (Å²) in [5, 5.41) is 0. The number of thiol groups is 1. The van der Waals surface area contributed by atoms with Gasteiger partial charge in [0.1, 0.15) is 5.78 Å². The molecule has 0 aliphatic rings. The maximum absolute atomic E-state index is 12.3. The lowest BCUT2D eigenvalue weighted by Gasteiger charge is -2.28. The van der Waals surface area contributed by atoms with Gasteiger partial charge in [-0.05, 0) is 19.8 Å². The summed E-state index contributed by atoms with van der Waals surface area (Å²) >= 11 is 4.34. The van der Waals surface area contributed by atoms with Gasteiger partial charge >= 0.3 is 11.9 Å². The van der Waals surface area contributed by atoms with E-state index in [4.69, 9.17) is 9.47 Å². The molecule has 0 fully saturated rings. The summed E-state index contributed by atoms with van der Waals surface area (Å²) < 4.78 is 10.9. The molecular weight excluding hydrogens is 534 g/mol. The Labute approximate surface area is 258 Å². The molecular formula is C34H65NO5S.